The molecule has 39 heavy (non-hydrogen) atoms. The minimum Gasteiger partial charge on any atom is -0.287 e. The number of aryl methyl sites for hydroxylation is 2. The van der Waals surface area contributed by atoms with Gasteiger partial charge in [-0.1, -0.05) is 18.2 Å². The average Bonchev–Trinajstić information content (AvgIpc) is 3.42. The van der Waals surface area contributed by atoms with Crippen molar-refractivity contribution in [2.24, 2.45) is 0 Å². The molecule has 1 unspecified atom stereocenters. The Hall–Kier alpha value is -3.41. The number of hydrogen-bond acceptors (Lipinski definition) is 7. The quantitative estimate of drug-likeness (QED) is 0.282. The molecule has 10 nitrogen and oxygen atoms in total. The number of pyridine rings is 1. The highest BCUT2D eigenvalue weighted by molar-refractivity contribution is 7.87. The second-order valence-corrected chi connectivity index (χ2v) is 12.3. The van der Waals surface area contributed by atoms with E-state index in [4.69, 9.17) is 4.98 Å². The zero-order chi connectivity index (χ0) is 27.7. The number of benzene rings is 1. The minimum absolute atomic E-state index is 0.0155. The highest BCUT2D eigenvalue weighted by atomic mass is 32.2. The number of carbonyl (C=O) groups excluding carboxylic acids is 2. The summed E-state index contributed by atoms with van der Waals surface area (Å²) < 4.78 is 28.5. The van der Waals surface area contributed by atoms with Crippen LogP contribution in [0.15, 0.2) is 48.8 Å². The molecule has 1 aliphatic carbocycles. The van der Waals surface area contributed by atoms with E-state index in [0.29, 0.717) is 55.1 Å². The molecule has 2 aromatic heterocycles. The Balaban J connectivity index is 1.35. The van der Waals surface area contributed by atoms with Crippen LogP contribution in [0.25, 0.3) is 0 Å². The third kappa shape index (κ3) is 5.26. The molecule has 0 saturated heterocycles. The van der Waals surface area contributed by atoms with Gasteiger partial charge in [-0.25, -0.2) is 8.96 Å². The first-order valence-corrected chi connectivity index (χ1v) is 14.7. The summed E-state index contributed by atoms with van der Waals surface area (Å²) in [5.41, 5.74) is 3.78. The molecule has 2 amide bonds. The van der Waals surface area contributed by atoms with Crippen LogP contribution in [0.3, 0.4) is 0 Å². The van der Waals surface area contributed by atoms with Crippen LogP contribution in [-0.2, 0) is 23.2 Å². The topological polar surface area (TPSA) is 109 Å². The summed E-state index contributed by atoms with van der Waals surface area (Å²) in [5.74, 6) is -0.0434. The summed E-state index contributed by atoms with van der Waals surface area (Å²) in [6.45, 7) is 3.09. The predicted octanol–water partition coefficient (Wildman–Crippen LogP) is 3.20. The molecule has 3 heterocycles. The van der Waals surface area contributed by atoms with Crippen molar-refractivity contribution in [1.82, 2.24) is 28.0 Å². The van der Waals surface area contributed by atoms with Crippen molar-refractivity contribution in [3.05, 3.63) is 82.7 Å². The molecule has 1 atom stereocenters. The molecule has 1 aromatic carbocycles. The van der Waals surface area contributed by atoms with Crippen molar-refractivity contribution in [2.45, 2.75) is 51.6 Å². The van der Waals surface area contributed by atoms with Crippen molar-refractivity contribution >= 4 is 22.0 Å². The van der Waals surface area contributed by atoms with E-state index in [0.717, 1.165) is 25.0 Å². The Labute approximate surface area is 229 Å². The summed E-state index contributed by atoms with van der Waals surface area (Å²) >= 11 is 0. The lowest BCUT2D eigenvalue weighted by Crippen LogP contribution is -2.36. The molecule has 0 bridgehead atoms. The van der Waals surface area contributed by atoms with Gasteiger partial charge in [0.05, 0.1) is 35.1 Å². The maximum atomic E-state index is 13.0. The SMILES string of the molecule is Cc1cn(S(=O)(=O)N(C)C)c(CN(CCCCN2C(=O)c3ccccc3C2=O)C2CCCc3cccnc32)n1. The predicted molar refractivity (Wildman–Crippen MR) is 146 cm³/mol. The number of unbranched alkanes of at least 4 members (excludes halogenated alkanes) is 1. The smallest absolute Gasteiger partial charge is 0.287 e. The molecule has 0 N–H and O–H groups in total. The number of nitrogens with zero attached hydrogens (tertiary/aromatic N) is 6. The molecule has 0 radical (unpaired) electrons. The molecule has 1 aliphatic heterocycles. The van der Waals surface area contributed by atoms with Crippen molar-refractivity contribution in [2.75, 3.05) is 27.2 Å². The molecule has 11 heteroatoms. The van der Waals surface area contributed by atoms with Crippen molar-refractivity contribution in [1.29, 1.82) is 0 Å². The minimum atomic E-state index is -3.73. The fourth-order valence-electron chi connectivity index (χ4n) is 5.50. The van der Waals surface area contributed by atoms with Gasteiger partial charge in [-0.3, -0.25) is 24.4 Å². The third-order valence-corrected chi connectivity index (χ3v) is 9.22. The number of imidazole rings is 1. The van der Waals surface area contributed by atoms with Crippen LogP contribution in [-0.4, -0.2) is 75.5 Å². The first kappa shape index (κ1) is 27.2. The van der Waals surface area contributed by atoms with Gasteiger partial charge in [0.2, 0.25) is 0 Å². The molecule has 0 saturated carbocycles. The number of amides is 2. The highest BCUT2D eigenvalue weighted by Crippen LogP contribution is 2.34. The van der Waals surface area contributed by atoms with Crippen LogP contribution < -0.4 is 0 Å². The molecule has 0 spiro atoms. The Morgan fingerprint density at radius 2 is 1.74 bits per heavy atom. The summed E-state index contributed by atoms with van der Waals surface area (Å²) in [7, 11) is -0.721. The maximum absolute atomic E-state index is 13.0. The normalized spacial score (nSPS) is 17.3. The lowest BCUT2D eigenvalue weighted by molar-refractivity contribution is 0.0648. The van der Waals surface area contributed by atoms with E-state index < -0.39 is 10.2 Å². The molecule has 5 rings (SSSR count). The summed E-state index contributed by atoms with van der Waals surface area (Å²) in [6, 6.07) is 11.0. The standard InChI is InChI=1S/C28H34N6O4S/c1-20-18-34(39(37,38)31(2)3)25(30-20)19-32(24-14-8-10-21-11-9-15-29-26(21)24)16-6-7-17-33-27(35)22-12-4-5-13-23(22)28(33)36/h4-5,9,11-13,15,18,24H,6-8,10,14,16-17,19H2,1-3H3. The van der Waals surface area contributed by atoms with Crippen LogP contribution >= 0.6 is 0 Å². The van der Waals surface area contributed by atoms with Crippen LogP contribution in [0.4, 0.5) is 0 Å². The monoisotopic (exact) mass is 550 g/mol. The van der Waals surface area contributed by atoms with E-state index >= 15 is 0 Å². The first-order valence-electron chi connectivity index (χ1n) is 13.3. The van der Waals surface area contributed by atoms with Gasteiger partial charge in [-0.05, 0) is 69.3 Å². The number of hydrogen-bond donors (Lipinski definition) is 0. The number of aromatic nitrogens is 3. The molecule has 3 aromatic rings. The van der Waals surface area contributed by atoms with E-state index in [1.807, 2.05) is 6.07 Å². The Kier molecular flexibility index (Phi) is 7.66. The first-order chi connectivity index (χ1) is 18.7. The van der Waals surface area contributed by atoms with E-state index in [2.05, 4.69) is 16.0 Å². The number of carbonyl (C=O) groups is 2. The van der Waals surface area contributed by atoms with Gasteiger partial charge in [0, 0.05) is 33.0 Å². The largest absolute Gasteiger partial charge is 0.308 e. The zero-order valence-corrected chi connectivity index (χ0v) is 23.4. The van der Waals surface area contributed by atoms with Crippen molar-refractivity contribution in [3.63, 3.8) is 0 Å². The van der Waals surface area contributed by atoms with Crippen molar-refractivity contribution in [3.8, 4) is 0 Å². The van der Waals surface area contributed by atoms with Gasteiger partial charge in [-0.15, -0.1) is 0 Å². The number of imide groups is 1. The van der Waals surface area contributed by atoms with Gasteiger partial charge >= 0.3 is 10.2 Å². The van der Waals surface area contributed by atoms with Crippen LogP contribution in [0.2, 0.25) is 0 Å². The molecular formula is C28H34N6O4S. The summed E-state index contributed by atoms with van der Waals surface area (Å²) in [6.07, 6.45) is 7.59. The van der Waals surface area contributed by atoms with Crippen molar-refractivity contribution < 1.29 is 18.0 Å². The highest BCUT2D eigenvalue weighted by Gasteiger charge is 2.35. The van der Waals surface area contributed by atoms with Gasteiger partial charge in [-0.2, -0.15) is 12.7 Å². The molecule has 0 fully saturated rings. The van der Waals surface area contributed by atoms with E-state index in [1.54, 1.807) is 43.6 Å². The Morgan fingerprint density at radius 3 is 2.44 bits per heavy atom. The van der Waals surface area contributed by atoms with Gasteiger partial charge in [0.15, 0.2) is 0 Å². The number of rotatable bonds is 10. The molecular weight excluding hydrogens is 516 g/mol. The Bertz CT molecular complexity index is 1460. The fraction of sp³-hybridized carbons (Fsp3) is 0.429. The van der Waals surface area contributed by atoms with E-state index in [9.17, 15) is 18.0 Å². The summed E-state index contributed by atoms with van der Waals surface area (Å²) in [5, 5.41) is 0. The van der Waals surface area contributed by atoms with Crippen LogP contribution in [0, 0.1) is 6.92 Å². The lowest BCUT2D eigenvalue weighted by atomic mass is 9.90. The second kappa shape index (κ2) is 11.0. The second-order valence-electron chi connectivity index (χ2n) is 10.3. The average molecular weight is 551 g/mol. The molecule has 206 valence electrons. The number of fused-ring (bicyclic) bond motifs is 2. The van der Waals surface area contributed by atoms with Crippen LogP contribution in [0.5, 0.6) is 0 Å². The van der Waals surface area contributed by atoms with Crippen LogP contribution in [0.1, 0.15) is 75.2 Å². The van der Waals surface area contributed by atoms with Gasteiger partial charge < -0.3 is 0 Å². The van der Waals surface area contributed by atoms with E-state index in [1.165, 1.54) is 32.8 Å². The van der Waals surface area contributed by atoms with Gasteiger partial charge in [0.1, 0.15) is 5.82 Å². The third-order valence-electron chi connectivity index (χ3n) is 7.48. The lowest BCUT2D eigenvalue weighted by Gasteiger charge is -2.35. The zero-order valence-electron chi connectivity index (χ0n) is 22.6. The summed E-state index contributed by atoms with van der Waals surface area (Å²) in [4.78, 5) is 38.4. The maximum Gasteiger partial charge on any atom is 0.308 e. The fourth-order valence-corrected chi connectivity index (χ4v) is 6.50. The van der Waals surface area contributed by atoms with Gasteiger partial charge in [0.25, 0.3) is 11.8 Å². The van der Waals surface area contributed by atoms with E-state index in [-0.39, 0.29) is 17.9 Å². The molecule has 2 aliphatic rings. The Morgan fingerprint density at radius 1 is 1.03 bits per heavy atom.